The molecule has 0 amide bonds. The first kappa shape index (κ1) is 26.5. The minimum Gasteiger partial charge on any atom is -0.495 e. The molecule has 186 valence electrons. The highest BCUT2D eigenvalue weighted by molar-refractivity contribution is 6.32. The number of halogens is 4. The Balaban J connectivity index is 1.91. The summed E-state index contributed by atoms with van der Waals surface area (Å²) in [4.78, 5) is 4.20. The van der Waals surface area contributed by atoms with Gasteiger partial charge >= 0.3 is 6.18 Å². The number of rotatable bonds is 10. The number of anilines is 1. The molecule has 0 aromatic heterocycles. The topological polar surface area (TPSA) is 15.7 Å². The summed E-state index contributed by atoms with van der Waals surface area (Å²) < 4.78 is 44.2. The summed E-state index contributed by atoms with van der Waals surface area (Å²) in [5.74, 6) is 0.579. The Labute approximate surface area is 210 Å². The van der Waals surface area contributed by atoms with Gasteiger partial charge in [0.15, 0.2) is 0 Å². The number of alkyl halides is 3. The molecule has 0 spiro atoms. The van der Waals surface area contributed by atoms with Gasteiger partial charge < -0.3 is 14.5 Å². The van der Waals surface area contributed by atoms with E-state index in [9.17, 15) is 13.2 Å². The number of methoxy groups -OCH3 is 1. The van der Waals surface area contributed by atoms with Crippen molar-refractivity contribution in [1.29, 1.82) is 0 Å². The van der Waals surface area contributed by atoms with Crippen molar-refractivity contribution in [2.24, 2.45) is 0 Å². The maximum Gasteiger partial charge on any atom is 0.416 e. The Kier molecular flexibility index (Phi) is 8.73. The zero-order valence-electron chi connectivity index (χ0n) is 20.1. The van der Waals surface area contributed by atoms with E-state index in [1.54, 1.807) is 7.11 Å². The first-order chi connectivity index (χ1) is 16.6. The minimum atomic E-state index is -4.35. The zero-order chi connectivity index (χ0) is 25.6. The highest BCUT2D eigenvalue weighted by atomic mass is 35.5. The molecule has 1 atom stereocenters. The Morgan fingerprint density at radius 3 is 2.20 bits per heavy atom. The Morgan fingerprint density at radius 1 is 1.00 bits per heavy atom. The van der Waals surface area contributed by atoms with Crippen LogP contribution in [0.5, 0.6) is 5.75 Å². The van der Waals surface area contributed by atoms with Crippen LogP contribution in [-0.4, -0.2) is 39.2 Å². The van der Waals surface area contributed by atoms with Crippen molar-refractivity contribution < 1.29 is 17.9 Å². The van der Waals surface area contributed by atoms with E-state index >= 15 is 0 Å². The molecule has 0 bridgehead atoms. The van der Waals surface area contributed by atoms with Crippen LogP contribution < -0.4 is 9.64 Å². The lowest BCUT2D eigenvalue weighted by atomic mass is 9.94. The molecule has 0 fully saturated rings. The molecular weight excluding hydrogens is 473 g/mol. The van der Waals surface area contributed by atoms with Gasteiger partial charge in [0.1, 0.15) is 5.75 Å². The molecule has 0 heterocycles. The fourth-order valence-corrected chi connectivity index (χ4v) is 4.17. The van der Waals surface area contributed by atoms with Gasteiger partial charge in [-0.1, -0.05) is 60.6 Å². The van der Waals surface area contributed by atoms with Crippen LogP contribution in [0, 0.1) is 0 Å². The summed E-state index contributed by atoms with van der Waals surface area (Å²) in [6, 6.07) is 21.1. The van der Waals surface area contributed by atoms with Crippen molar-refractivity contribution >= 4 is 17.3 Å². The second kappa shape index (κ2) is 11.5. The van der Waals surface area contributed by atoms with Crippen molar-refractivity contribution in [3.05, 3.63) is 107 Å². The lowest BCUT2D eigenvalue weighted by Gasteiger charge is -2.33. The van der Waals surface area contributed by atoms with E-state index in [4.69, 9.17) is 16.3 Å². The number of ether oxygens (including phenoxy) is 1. The molecule has 0 saturated heterocycles. The van der Waals surface area contributed by atoms with E-state index in [0.29, 0.717) is 30.3 Å². The Hall–Kier alpha value is -3.12. The van der Waals surface area contributed by atoms with Gasteiger partial charge in [-0.05, 0) is 47.9 Å². The number of nitrogens with zero attached hydrogens (tertiary/aromatic N) is 2. The van der Waals surface area contributed by atoms with Crippen molar-refractivity contribution in [2.75, 3.05) is 39.2 Å². The molecule has 0 aliphatic rings. The molecule has 3 aromatic carbocycles. The smallest absolute Gasteiger partial charge is 0.416 e. The lowest BCUT2D eigenvalue weighted by molar-refractivity contribution is -0.137. The molecule has 0 aliphatic carbocycles. The quantitative estimate of drug-likeness (QED) is 0.290. The Bertz CT molecular complexity index is 1120. The van der Waals surface area contributed by atoms with Crippen LogP contribution in [-0.2, 0) is 12.6 Å². The normalized spacial score (nSPS) is 12.2. The highest BCUT2D eigenvalue weighted by Crippen LogP contribution is 2.33. The van der Waals surface area contributed by atoms with E-state index in [1.807, 2.05) is 55.4 Å². The van der Waals surface area contributed by atoms with Crippen molar-refractivity contribution in [1.82, 2.24) is 4.90 Å². The van der Waals surface area contributed by atoms with Gasteiger partial charge in [0.05, 0.1) is 17.7 Å². The van der Waals surface area contributed by atoms with E-state index in [0.717, 1.165) is 34.6 Å². The molecule has 0 radical (unpaired) electrons. The number of benzene rings is 3. The summed E-state index contributed by atoms with van der Waals surface area (Å²) in [7, 11) is 5.50. The summed E-state index contributed by atoms with van der Waals surface area (Å²) in [5, 5.41) is 0.493. The largest absolute Gasteiger partial charge is 0.495 e. The third-order valence-corrected chi connectivity index (χ3v) is 6.33. The third-order valence-electron chi connectivity index (χ3n) is 6.03. The highest BCUT2D eigenvalue weighted by Gasteiger charge is 2.30. The summed E-state index contributed by atoms with van der Waals surface area (Å²) in [5.41, 5.74) is 3.16. The molecule has 0 N–H and O–H groups in total. The van der Waals surface area contributed by atoms with Gasteiger partial charge in [-0.25, -0.2) is 0 Å². The molecule has 1 unspecified atom stereocenters. The van der Waals surface area contributed by atoms with Crippen molar-refractivity contribution in [2.45, 2.75) is 18.5 Å². The predicted octanol–water partition coefficient (Wildman–Crippen LogP) is 7.28. The molecule has 0 aliphatic heterocycles. The van der Waals surface area contributed by atoms with Crippen molar-refractivity contribution in [3.63, 3.8) is 0 Å². The maximum atomic E-state index is 13.0. The summed E-state index contributed by atoms with van der Waals surface area (Å²) in [6.07, 6.45) is -3.78. The fourth-order valence-electron chi connectivity index (χ4n) is 3.92. The van der Waals surface area contributed by atoms with Gasteiger partial charge in [-0.3, -0.25) is 0 Å². The first-order valence-electron chi connectivity index (χ1n) is 11.3. The van der Waals surface area contributed by atoms with Gasteiger partial charge in [-0.2, -0.15) is 13.2 Å². The molecule has 3 nitrogen and oxygen atoms in total. The molecular formula is C28H30ClF3N2O. The number of hydrogen-bond acceptors (Lipinski definition) is 3. The minimum absolute atomic E-state index is 0.000294. The van der Waals surface area contributed by atoms with E-state index in [-0.39, 0.29) is 5.92 Å². The van der Waals surface area contributed by atoms with E-state index in [1.165, 1.54) is 12.1 Å². The number of hydrogen-bond donors (Lipinski definition) is 0. The van der Waals surface area contributed by atoms with Crippen LogP contribution in [0.1, 0.15) is 22.6 Å². The van der Waals surface area contributed by atoms with Gasteiger partial charge in [0.2, 0.25) is 0 Å². The predicted molar refractivity (Wildman–Crippen MR) is 137 cm³/mol. The third kappa shape index (κ3) is 6.95. The van der Waals surface area contributed by atoms with Crippen molar-refractivity contribution in [3.8, 4) is 5.75 Å². The summed E-state index contributed by atoms with van der Waals surface area (Å²) >= 11 is 6.43. The van der Waals surface area contributed by atoms with Crippen LogP contribution in [0.4, 0.5) is 18.9 Å². The molecule has 3 rings (SSSR count). The average Bonchev–Trinajstić information content (AvgIpc) is 2.84. The maximum absolute atomic E-state index is 13.0. The van der Waals surface area contributed by atoms with Crippen LogP contribution in [0.2, 0.25) is 5.02 Å². The van der Waals surface area contributed by atoms with Crippen LogP contribution in [0.15, 0.2) is 85.1 Å². The SMILES string of the molecule is C=C(C(CN(CCc1ccc(C(F)(F)F)cc1)c1ccc(OC)c(Cl)c1)c1ccccc1)N(C)C. The van der Waals surface area contributed by atoms with Crippen LogP contribution in [0.25, 0.3) is 0 Å². The average molecular weight is 503 g/mol. The molecule has 7 heteroatoms. The van der Waals surface area contributed by atoms with Gasteiger partial charge in [-0.15, -0.1) is 0 Å². The Morgan fingerprint density at radius 2 is 1.66 bits per heavy atom. The second-order valence-electron chi connectivity index (χ2n) is 8.56. The standard InChI is InChI=1S/C28H30ClF3N2O/c1-20(33(2)3)25(22-8-6-5-7-9-22)19-34(24-14-15-27(35-4)26(29)18-24)17-16-21-10-12-23(13-11-21)28(30,31)32/h5-15,18,25H,1,16-17,19H2,2-4H3. The molecule has 35 heavy (non-hydrogen) atoms. The lowest BCUT2D eigenvalue weighted by Crippen LogP contribution is -2.33. The van der Waals surface area contributed by atoms with E-state index in [2.05, 4.69) is 23.6 Å². The molecule has 3 aromatic rings. The van der Waals surface area contributed by atoms with Crippen LogP contribution in [0.3, 0.4) is 0 Å². The first-order valence-corrected chi connectivity index (χ1v) is 11.6. The monoisotopic (exact) mass is 502 g/mol. The second-order valence-corrected chi connectivity index (χ2v) is 8.97. The fraction of sp³-hybridized carbons (Fsp3) is 0.286. The number of likely N-dealkylation sites (N-methyl/N-ethyl adjacent to an activating group) is 1. The van der Waals surface area contributed by atoms with Crippen LogP contribution >= 0.6 is 11.6 Å². The van der Waals surface area contributed by atoms with E-state index < -0.39 is 11.7 Å². The van der Waals surface area contributed by atoms with Gasteiger partial charge in [0, 0.05) is 44.5 Å². The molecule has 0 saturated carbocycles. The van der Waals surface area contributed by atoms with Gasteiger partial charge in [0.25, 0.3) is 0 Å². The summed E-state index contributed by atoms with van der Waals surface area (Å²) in [6.45, 7) is 5.52. The zero-order valence-corrected chi connectivity index (χ0v) is 20.9.